The summed E-state index contributed by atoms with van der Waals surface area (Å²) < 4.78 is 7.75. The van der Waals surface area contributed by atoms with Crippen molar-refractivity contribution >= 4 is 11.0 Å². The molecule has 2 aliphatic rings. The SMILES string of the molecule is OC1(c2ncc(-c3ccc4nc5n(c4c3)[C@@H](c3ccccc3)CC5)cn2)CCOCC1. The Bertz CT molecular complexity index is 1230. The topological polar surface area (TPSA) is 73.1 Å². The number of hydrogen-bond donors (Lipinski definition) is 1. The van der Waals surface area contributed by atoms with E-state index in [1.54, 1.807) is 0 Å². The summed E-state index contributed by atoms with van der Waals surface area (Å²) in [6.07, 6.45) is 6.75. The molecule has 0 amide bonds. The number of hydrogen-bond acceptors (Lipinski definition) is 5. The third-order valence-corrected chi connectivity index (χ3v) is 6.62. The third-order valence-electron chi connectivity index (χ3n) is 6.62. The zero-order chi connectivity index (χ0) is 20.8. The first kappa shape index (κ1) is 18.7. The normalized spacial score (nSPS) is 20.1. The molecule has 2 aromatic carbocycles. The van der Waals surface area contributed by atoms with E-state index in [0.29, 0.717) is 37.9 Å². The van der Waals surface area contributed by atoms with Gasteiger partial charge in [0.15, 0.2) is 5.82 Å². The monoisotopic (exact) mass is 412 g/mol. The highest BCUT2D eigenvalue weighted by molar-refractivity contribution is 5.83. The molecule has 31 heavy (non-hydrogen) atoms. The Labute approximate surface area is 180 Å². The van der Waals surface area contributed by atoms with Crippen LogP contribution in [0.1, 0.15) is 42.5 Å². The lowest BCUT2D eigenvalue weighted by atomic mass is 9.93. The number of nitrogens with zero attached hydrogens (tertiary/aromatic N) is 4. The second kappa shape index (κ2) is 7.25. The maximum absolute atomic E-state index is 10.8. The van der Waals surface area contributed by atoms with E-state index in [-0.39, 0.29) is 0 Å². The molecule has 4 heterocycles. The van der Waals surface area contributed by atoms with Gasteiger partial charge in [0.05, 0.1) is 17.1 Å². The first-order valence-electron chi connectivity index (χ1n) is 10.9. The van der Waals surface area contributed by atoms with Crippen LogP contribution in [0.15, 0.2) is 60.9 Å². The maximum atomic E-state index is 10.8. The number of benzene rings is 2. The van der Waals surface area contributed by atoms with E-state index in [0.717, 1.165) is 40.8 Å². The summed E-state index contributed by atoms with van der Waals surface area (Å²) in [7, 11) is 0. The van der Waals surface area contributed by atoms with E-state index in [1.165, 1.54) is 5.56 Å². The average Bonchev–Trinajstić information content (AvgIpc) is 3.39. The van der Waals surface area contributed by atoms with Gasteiger partial charge in [-0.2, -0.15) is 0 Å². The first-order chi connectivity index (χ1) is 15.2. The molecule has 6 heteroatoms. The molecule has 1 fully saturated rings. The van der Waals surface area contributed by atoms with Gasteiger partial charge < -0.3 is 14.4 Å². The number of rotatable bonds is 3. The second-order valence-electron chi connectivity index (χ2n) is 8.51. The minimum Gasteiger partial charge on any atom is -0.382 e. The molecule has 0 unspecified atom stereocenters. The van der Waals surface area contributed by atoms with Crippen LogP contribution in [0.5, 0.6) is 0 Å². The number of aromatic nitrogens is 4. The number of aliphatic hydroxyl groups is 1. The second-order valence-corrected chi connectivity index (χ2v) is 8.51. The van der Waals surface area contributed by atoms with Gasteiger partial charge in [0, 0.05) is 50.4 Å². The smallest absolute Gasteiger partial charge is 0.160 e. The highest BCUT2D eigenvalue weighted by atomic mass is 16.5. The number of imidazole rings is 1. The molecule has 0 aliphatic carbocycles. The van der Waals surface area contributed by atoms with Gasteiger partial charge in [-0.1, -0.05) is 36.4 Å². The fourth-order valence-electron chi connectivity index (χ4n) is 4.88. The van der Waals surface area contributed by atoms with Crippen LogP contribution >= 0.6 is 0 Å². The van der Waals surface area contributed by atoms with Gasteiger partial charge >= 0.3 is 0 Å². The molecule has 0 bridgehead atoms. The van der Waals surface area contributed by atoms with Crippen molar-refractivity contribution in [2.75, 3.05) is 13.2 Å². The van der Waals surface area contributed by atoms with Crippen molar-refractivity contribution in [3.8, 4) is 11.1 Å². The maximum Gasteiger partial charge on any atom is 0.160 e. The fraction of sp³-hybridized carbons (Fsp3) is 0.320. The quantitative estimate of drug-likeness (QED) is 0.550. The lowest BCUT2D eigenvalue weighted by molar-refractivity contribution is -0.0733. The Morgan fingerprint density at radius 2 is 1.74 bits per heavy atom. The van der Waals surface area contributed by atoms with Crippen LogP contribution in [-0.2, 0) is 16.8 Å². The van der Waals surface area contributed by atoms with Gasteiger partial charge in [-0.05, 0) is 29.7 Å². The van der Waals surface area contributed by atoms with Crippen molar-refractivity contribution in [2.24, 2.45) is 0 Å². The lowest BCUT2D eigenvalue weighted by Crippen LogP contribution is -2.35. The molecular weight excluding hydrogens is 388 g/mol. The first-order valence-corrected chi connectivity index (χ1v) is 10.9. The van der Waals surface area contributed by atoms with Gasteiger partial charge in [-0.3, -0.25) is 0 Å². The molecule has 4 aromatic rings. The van der Waals surface area contributed by atoms with E-state index in [4.69, 9.17) is 9.72 Å². The highest BCUT2D eigenvalue weighted by Crippen LogP contribution is 2.37. The van der Waals surface area contributed by atoms with Crippen LogP contribution in [0.25, 0.3) is 22.2 Å². The van der Waals surface area contributed by atoms with Gasteiger partial charge in [-0.15, -0.1) is 0 Å². The zero-order valence-electron chi connectivity index (χ0n) is 17.2. The zero-order valence-corrected chi connectivity index (χ0v) is 17.2. The summed E-state index contributed by atoms with van der Waals surface area (Å²) in [6, 6.07) is 17.3. The molecule has 6 nitrogen and oxygen atoms in total. The molecule has 0 spiro atoms. The summed E-state index contributed by atoms with van der Waals surface area (Å²) in [5.74, 6) is 1.63. The van der Waals surface area contributed by atoms with E-state index in [2.05, 4.69) is 63.1 Å². The van der Waals surface area contributed by atoms with E-state index in [9.17, 15) is 5.11 Å². The van der Waals surface area contributed by atoms with Crippen molar-refractivity contribution in [3.05, 3.63) is 78.1 Å². The molecular formula is C25H24N4O2. The van der Waals surface area contributed by atoms with Crippen LogP contribution in [0, 0.1) is 0 Å². The Balaban J connectivity index is 1.37. The molecule has 2 aliphatic heterocycles. The molecule has 2 aromatic heterocycles. The van der Waals surface area contributed by atoms with Crippen molar-refractivity contribution in [1.82, 2.24) is 19.5 Å². The predicted molar refractivity (Wildman–Crippen MR) is 118 cm³/mol. The summed E-state index contributed by atoms with van der Waals surface area (Å²) in [5.41, 5.74) is 4.49. The van der Waals surface area contributed by atoms with Gasteiger partial charge in [0.25, 0.3) is 0 Å². The van der Waals surface area contributed by atoms with Crippen molar-refractivity contribution < 1.29 is 9.84 Å². The summed E-state index contributed by atoms with van der Waals surface area (Å²) in [4.78, 5) is 13.9. The van der Waals surface area contributed by atoms with Gasteiger partial charge in [0.2, 0.25) is 0 Å². The largest absolute Gasteiger partial charge is 0.382 e. The lowest BCUT2D eigenvalue weighted by Gasteiger charge is -2.30. The van der Waals surface area contributed by atoms with Crippen LogP contribution in [0.4, 0.5) is 0 Å². The molecule has 1 atom stereocenters. The van der Waals surface area contributed by atoms with Crippen LogP contribution in [0.2, 0.25) is 0 Å². The molecule has 1 saturated heterocycles. The van der Waals surface area contributed by atoms with Crippen LogP contribution < -0.4 is 0 Å². The Hall–Kier alpha value is -3.09. The standard InChI is InChI=1S/C25H24N4O2/c30-25(10-12-31-13-11-25)24-26-15-19(16-27-24)18-6-7-20-22(14-18)29-21(8-9-23(29)28-20)17-4-2-1-3-5-17/h1-7,14-16,21,30H,8-13H2/t21-/m1/s1. The van der Waals surface area contributed by atoms with Crippen molar-refractivity contribution in [3.63, 3.8) is 0 Å². The summed E-state index contributed by atoms with van der Waals surface area (Å²) in [6.45, 7) is 1.07. The number of fused-ring (bicyclic) bond motifs is 3. The highest BCUT2D eigenvalue weighted by Gasteiger charge is 2.34. The Kier molecular flexibility index (Phi) is 4.37. The van der Waals surface area contributed by atoms with E-state index in [1.807, 2.05) is 12.4 Å². The molecule has 0 radical (unpaired) electrons. The average molecular weight is 412 g/mol. The molecule has 156 valence electrons. The minimum absolute atomic E-state index is 0.317. The van der Waals surface area contributed by atoms with Crippen molar-refractivity contribution in [1.29, 1.82) is 0 Å². The fourth-order valence-corrected chi connectivity index (χ4v) is 4.88. The van der Waals surface area contributed by atoms with Crippen molar-refractivity contribution in [2.45, 2.75) is 37.3 Å². The molecule has 1 N–H and O–H groups in total. The predicted octanol–water partition coefficient (Wildman–Crippen LogP) is 4.03. The van der Waals surface area contributed by atoms with Crippen LogP contribution in [0.3, 0.4) is 0 Å². The Morgan fingerprint density at radius 1 is 0.968 bits per heavy atom. The summed E-state index contributed by atoms with van der Waals surface area (Å²) >= 11 is 0. The van der Waals surface area contributed by atoms with E-state index < -0.39 is 5.60 Å². The minimum atomic E-state index is -0.990. The number of aryl methyl sites for hydroxylation is 1. The number of ether oxygens (including phenoxy) is 1. The Morgan fingerprint density at radius 3 is 2.52 bits per heavy atom. The summed E-state index contributed by atoms with van der Waals surface area (Å²) in [5, 5.41) is 10.8. The van der Waals surface area contributed by atoms with Crippen LogP contribution in [-0.4, -0.2) is 37.8 Å². The van der Waals surface area contributed by atoms with E-state index >= 15 is 0 Å². The molecule has 6 rings (SSSR count). The van der Waals surface area contributed by atoms with Gasteiger partial charge in [-0.25, -0.2) is 15.0 Å². The third kappa shape index (κ3) is 3.14. The molecule has 0 saturated carbocycles. The van der Waals surface area contributed by atoms with Gasteiger partial charge in [0.1, 0.15) is 11.4 Å².